The van der Waals surface area contributed by atoms with Crippen molar-refractivity contribution >= 4 is 29.9 Å². The van der Waals surface area contributed by atoms with Gasteiger partial charge in [-0.3, -0.25) is 0 Å². The van der Waals surface area contributed by atoms with Gasteiger partial charge in [-0.05, 0) is 29.5 Å². The number of benzene rings is 2. The molecule has 1 fully saturated rings. The molecule has 1 saturated carbocycles. The van der Waals surface area contributed by atoms with Crippen LogP contribution in [0.5, 0.6) is 5.75 Å². The maximum Gasteiger partial charge on any atom is 0.189 e. The minimum Gasteiger partial charge on any atom is -0.496 e. The number of halogens is 1. The van der Waals surface area contributed by atoms with Crippen molar-refractivity contribution in [1.29, 1.82) is 0 Å². The number of nitrogens with two attached hydrogens (primary N) is 1. The lowest BCUT2D eigenvalue weighted by Crippen LogP contribution is -2.35. The number of aliphatic imine (C=N–C) groups is 1. The fourth-order valence-electron chi connectivity index (χ4n) is 3.77. The summed E-state index contributed by atoms with van der Waals surface area (Å²) in [6.07, 6.45) is 1.15. The molecule has 2 aromatic carbocycles. The molecule has 126 valence electrons. The van der Waals surface area contributed by atoms with Crippen LogP contribution in [0.15, 0.2) is 53.5 Å². The van der Waals surface area contributed by atoms with Crippen LogP contribution in [-0.2, 0) is 13.0 Å². The molecule has 4 rings (SSSR count). The quantitative estimate of drug-likeness (QED) is 0.441. The van der Waals surface area contributed by atoms with Crippen molar-refractivity contribution in [2.45, 2.75) is 24.9 Å². The molecule has 0 amide bonds. The van der Waals surface area contributed by atoms with Gasteiger partial charge in [-0.15, -0.1) is 24.0 Å². The third kappa shape index (κ3) is 3.09. The molecule has 3 atom stereocenters. The van der Waals surface area contributed by atoms with Crippen molar-refractivity contribution in [3.05, 3.63) is 65.2 Å². The molecule has 0 radical (unpaired) electrons. The van der Waals surface area contributed by atoms with Crippen LogP contribution in [0.3, 0.4) is 0 Å². The van der Waals surface area contributed by atoms with E-state index in [1.807, 2.05) is 24.3 Å². The van der Waals surface area contributed by atoms with Crippen LogP contribution in [0.1, 0.15) is 22.6 Å². The van der Waals surface area contributed by atoms with Crippen LogP contribution < -0.4 is 15.8 Å². The molecule has 24 heavy (non-hydrogen) atoms. The molecular weight excluding hydrogens is 413 g/mol. The summed E-state index contributed by atoms with van der Waals surface area (Å²) in [4.78, 5) is 4.47. The Morgan fingerprint density at radius 3 is 2.79 bits per heavy atom. The number of fused-ring (bicyclic) bond motifs is 3. The van der Waals surface area contributed by atoms with Gasteiger partial charge in [0.25, 0.3) is 0 Å². The molecule has 2 aromatic rings. The van der Waals surface area contributed by atoms with Gasteiger partial charge in [-0.25, -0.2) is 4.99 Å². The van der Waals surface area contributed by atoms with E-state index in [4.69, 9.17) is 10.5 Å². The zero-order valence-corrected chi connectivity index (χ0v) is 15.9. The number of ether oxygens (including phenoxy) is 1. The van der Waals surface area contributed by atoms with Gasteiger partial charge in [-0.2, -0.15) is 0 Å². The second-order valence-corrected chi connectivity index (χ2v) is 6.28. The molecule has 0 spiro atoms. The second-order valence-electron chi connectivity index (χ2n) is 6.28. The lowest BCUT2D eigenvalue weighted by atomic mass is 10.1. The van der Waals surface area contributed by atoms with Crippen LogP contribution in [0.4, 0.5) is 0 Å². The Morgan fingerprint density at radius 2 is 1.96 bits per heavy atom. The molecular formula is C19H22IN3O. The molecule has 0 aromatic heterocycles. The van der Waals surface area contributed by atoms with Gasteiger partial charge in [-0.1, -0.05) is 42.5 Å². The lowest BCUT2D eigenvalue weighted by Gasteiger charge is -2.10. The molecule has 3 unspecified atom stereocenters. The fourth-order valence-corrected chi connectivity index (χ4v) is 3.77. The number of hydrogen-bond acceptors (Lipinski definition) is 2. The first kappa shape index (κ1) is 17.1. The van der Waals surface area contributed by atoms with Crippen LogP contribution in [0.2, 0.25) is 0 Å². The Bertz CT molecular complexity index is 762. The molecule has 2 aliphatic carbocycles. The number of para-hydroxylation sites is 1. The van der Waals surface area contributed by atoms with Crippen molar-refractivity contribution in [3.63, 3.8) is 0 Å². The summed E-state index contributed by atoms with van der Waals surface area (Å²) in [5.41, 5.74) is 10.1. The predicted molar refractivity (Wildman–Crippen MR) is 107 cm³/mol. The first-order chi connectivity index (χ1) is 11.3. The van der Waals surface area contributed by atoms with Crippen molar-refractivity contribution in [2.24, 2.45) is 16.6 Å². The topological polar surface area (TPSA) is 59.6 Å². The van der Waals surface area contributed by atoms with Crippen LogP contribution >= 0.6 is 24.0 Å². The normalized spacial score (nSPS) is 23.7. The Hall–Kier alpha value is -1.76. The number of rotatable bonds is 4. The lowest BCUT2D eigenvalue weighted by molar-refractivity contribution is 0.410. The first-order valence-electron chi connectivity index (χ1n) is 8.04. The minimum atomic E-state index is 0. The average molecular weight is 435 g/mol. The monoisotopic (exact) mass is 435 g/mol. The van der Waals surface area contributed by atoms with Gasteiger partial charge in [0.05, 0.1) is 13.7 Å². The van der Waals surface area contributed by atoms with Gasteiger partial charge in [0.1, 0.15) is 5.75 Å². The standard InChI is InChI=1S/C19H21N3O.HI/c1-23-16-9-5-3-7-13(16)11-21-19(20)22-18-15-10-12-6-2-4-8-14(12)17(15)18;/h2-9,15,17-18H,10-11H2,1H3,(H3,20,21,22);1H. The number of nitrogens with one attached hydrogen (secondary N) is 1. The number of hydrogen-bond donors (Lipinski definition) is 2. The van der Waals surface area contributed by atoms with E-state index in [-0.39, 0.29) is 24.0 Å². The van der Waals surface area contributed by atoms with Gasteiger partial charge < -0.3 is 15.8 Å². The highest BCUT2D eigenvalue weighted by atomic mass is 127. The summed E-state index contributed by atoms with van der Waals surface area (Å²) in [6.45, 7) is 0.529. The van der Waals surface area contributed by atoms with E-state index in [1.165, 1.54) is 11.1 Å². The maximum absolute atomic E-state index is 6.08. The molecule has 2 aliphatic rings. The van der Waals surface area contributed by atoms with Crippen molar-refractivity contribution in [3.8, 4) is 5.75 Å². The van der Waals surface area contributed by atoms with Crippen LogP contribution in [-0.4, -0.2) is 19.1 Å². The SMILES string of the molecule is COc1ccccc1CN=C(N)NC1C2Cc3ccccc3C21.I. The summed E-state index contributed by atoms with van der Waals surface area (Å²) < 4.78 is 5.34. The summed E-state index contributed by atoms with van der Waals surface area (Å²) in [6, 6.07) is 17.0. The Morgan fingerprint density at radius 1 is 1.21 bits per heavy atom. The smallest absolute Gasteiger partial charge is 0.189 e. The third-order valence-corrected chi connectivity index (χ3v) is 4.97. The molecule has 0 heterocycles. The zero-order chi connectivity index (χ0) is 15.8. The average Bonchev–Trinajstić information content (AvgIpc) is 3.09. The van der Waals surface area contributed by atoms with Gasteiger partial charge in [0, 0.05) is 17.5 Å². The highest BCUT2D eigenvalue weighted by molar-refractivity contribution is 14.0. The van der Waals surface area contributed by atoms with Crippen LogP contribution in [0.25, 0.3) is 0 Å². The molecule has 3 N–H and O–H groups in total. The number of methoxy groups -OCH3 is 1. The maximum atomic E-state index is 6.08. The van der Waals surface area contributed by atoms with Gasteiger partial charge in [0.15, 0.2) is 5.96 Å². The summed E-state index contributed by atoms with van der Waals surface area (Å²) >= 11 is 0. The summed E-state index contributed by atoms with van der Waals surface area (Å²) in [5.74, 6) is 2.65. The second kappa shape index (κ2) is 7.01. The van der Waals surface area contributed by atoms with E-state index in [0.29, 0.717) is 30.4 Å². The van der Waals surface area contributed by atoms with E-state index < -0.39 is 0 Å². The summed E-state index contributed by atoms with van der Waals surface area (Å²) in [5, 5.41) is 3.39. The van der Waals surface area contributed by atoms with Crippen molar-refractivity contribution in [2.75, 3.05) is 7.11 Å². The minimum absolute atomic E-state index is 0. The Labute approximate surface area is 159 Å². The molecule has 4 nitrogen and oxygen atoms in total. The molecule has 0 bridgehead atoms. The van der Waals surface area contributed by atoms with E-state index >= 15 is 0 Å². The molecule has 5 heteroatoms. The summed E-state index contributed by atoms with van der Waals surface area (Å²) in [7, 11) is 1.67. The van der Waals surface area contributed by atoms with E-state index in [9.17, 15) is 0 Å². The Kier molecular flexibility index (Phi) is 4.99. The molecule has 0 saturated heterocycles. The van der Waals surface area contributed by atoms with Crippen LogP contribution in [0, 0.1) is 5.92 Å². The van der Waals surface area contributed by atoms with E-state index in [0.717, 1.165) is 17.7 Å². The number of nitrogens with zero attached hydrogens (tertiary/aromatic N) is 1. The zero-order valence-electron chi connectivity index (χ0n) is 13.6. The highest BCUT2D eigenvalue weighted by Gasteiger charge is 2.55. The van der Waals surface area contributed by atoms with Gasteiger partial charge in [0.2, 0.25) is 0 Å². The predicted octanol–water partition coefficient (Wildman–Crippen LogP) is 3.06. The molecule has 0 aliphatic heterocycles. The van der Waals surface area contributed by atoms with E-state index in [1.54, 1.807) is 7.11 Å². The van der Waals surface area contributed by atoms with Crippen molar-refractivity contribution in [1.82, 2.24) is 5.32 Å². The van der Waals surface area contributed by atoms with Crippen molar-refractivity contribution < 1.29 is 4.74 Å². The largest absolute Gasteiger partial charge is 0.496 e. The fraction of sp³-hybridized carbons (Fsp3) is 0.316. The first-order valence-corrected chi connectivity index (χ1v) is 8.04. The Balaban J connectivity index is 0.00000169. The highest BCUT2D eigenvalue weighted by Crippen LogP contribution is 2.56. The number of guanidine groups is 1. The van der Waals surface area contributed by atoms with E-state index in [2.05, 4.69) is 34.6 Å². The third-order valence-electron chi connectivity index (χ3n) is 4.97. The van der Waals surface area contributed by atoms with Gasteiger partial charge >= 0.3 is 0 Å².